The van der Waals surface area contributed by atoms with Gasteiger partial charge in [-0.15, -0.1) is 0 Å². The van der Waals surface area contributed by atoms with Crippen LogP contribution in [-0.2, 0) is 4.79 Å². The lowest BCUT2D eigenvalue weighted by Gasteiger charge is -2.33. The van der Waals surface area contributed by atoms with Crippen molar-refractivity contribution in [2.24, 2.45) is 5.92 Å². The zero-order valence-corrected chi connectivity index (χ0v) is 17.1. The van der Waals surface area contributed by atoms with Crippen LogP contribution < -0.4 is 15.0 Å². The van der Waals surface area contributed by atoms with Gasteiger partial charge in [0.05, 0.1) is 23.6 Å². The Hall–Kier alpha value is -3.09. The third-order valence-electron chi connectivity index (χ3n) is 5.48. The van der Waals surface area contributed by atoms with Crippen LogP contribution in [0.3, 0.4) is 0 Å². The van der Waals surface area contributed by atoms with Crippen LogP contribution in [0.1, 0.15) is 31.1 Å². The number of aromatic nitrogens is 2. The number of carbonyl (C=O) groups excluding carboxylic acids is 1. The van der Waals surface area contributed by atoms with E-state index < -0.39 is 0 Å². The summed E-state index contributed by atoms with van der Waals surface area (Å²) < 4.78 is 11.4. The average Bonchev–Trinajstić information content (AvgIpc) is 3.03. The zero-order chi connectivity index (χ0) is 20.4. The standard InChI is InChI=1S/C22H26N4O3/c1-4-28-18-10-6-5-9-17(18)25-21(27)16-8-7-11-26(12-16)20-19-14(2)15(3)29-22(19)24-13-23-20/h5-6,9-10,13,16H,4,7-8,11-12H2,1-3H3,(H,25,27)/t16-/m0/s1. The van der Waals surface area contributed by atoms with Gasteiger partial charge in [0, 0.05) is 18.7 Å². The Morgan fingerprint density at radius 1 is 1.31 bits per heavy atom. The largest absolute Gasteiger partial charge is 0.492 e. The molecule has 1 atom stereocenters. The molecule has 1 fully saturated rings. The first-order valence-corrected chi connectivity index (χ1v) is 10.1. The molecule has 0 radical (unpaired) electrons. The van der Waals surface area contributed by atoms with Crippen LogP contribution in [-0.4, -0.2) is 35.6 Å². The maximum Gasteiger partial charge on any atom is 0.231 e. The number of aryl methyl sites for hydroxylation is 2. The van der Waals surface area contributed by atoms with Crippen molar-refractivity contribution >= 4 is 28.5 Å². The molecule has 3 aromatic rings. The monoisotopic (exact) mass is 394 g/mol. The van der Waals surface area contributed by atoms with E-state index in [0.717, 1.165) is 41.9 Å². The van der Waals surface area contributed by atoms with Crippen LogP contribution in [0, 0.1) is 19.8 Å². The summed E-state index contributed by atoms with van der Waals surface area (Å²) in [6, 6.07) is 7.54. The van der Waals surface area contributed by atoms with Crippen molar-refractivity contribution in [2.75, 3.05) is 29.9 Å². The van der Waals surface area contributed by atoms with E-state index in [1.807, 2.05) is 45.0 Å². The van der Waals surface area contributed by atoms with Gasteiger partial charge in [0.1, 0.15) is 23.7 Å². The zero-order valence-electron chi connectivity index (χ0n) is 17.1. The Labute approximate surface area is 170 Å². The molecule has 0 spiro atoms. The number of carbonyl (C=O) groups is 1. The number of piperidine rings is 1. The third kappa shape index (κ3) is 3.77. The highest BCUT2D eigenvalue weighted by Crippen LogP contribution is 2.33. The minimum absolute atomic E-state index is 0.00671. The van der Waals surface area contributed by atoms with Crippen LogP contribution in [0.25, 0.3) is 11.1 Å². The summed E-state index contributed by atoms with van der Waals surface area (Å²) in [7, 11) is 0. The number of benzene rings is 1. The van der Waals surface area contributed by atoms with Gasteiger partial charge in [-0.1, -0.05) is 12.1 Å². The minimum Gasteiger partial charge on any atom is -0.492 e. The predicted molar refractivity (Wildman–Crippen MR) is 112 cm³/mol. The third-order valence-corrected chi connectivity index (χ3v) is 5.48. The van der Waals surface area contributed by atoms with Crippen molar-refractivity contribution in [2.45, 2.75) is 33.6 Å². The number of furan rings is 1. The predicted octanol–water partition coefficient (Wildman–Crippen LogP) is 4.09. The SMILES string of the molecule is CCOc1ccccc1NC(=O)[C@H]1CCCN(c2ncnc3oc(C)c(C)c23)C1. The maximum absolute atomic E-state index is 13.0. The molecule has 7 heteroatoms. The first-order valence-electron chi connectivity index (χ1n) is 10.1. The number of rotatable bonds is 5. The maximum atomic E-state index is 13.0. The van der Waals surface area contributed by atoms with Crippen molar-refractivity contribution in [3.63, 3.8) is 0 Å². The van der Waals surface area contributed by atoms with E-state index in [9.17, 15) is 4.79 Å². The molecule has 1 aromatic carbocycles. The van der Waals surface area contributed by atoms with Crippen molar-refractivity contribution in [3.05, 3.63) is 41.9 Å². The fraction of sp³-hybridized carbons (Fsp3) is 0.409. The summed E-state index contributed by atoms with van der Waals surface area (Å²) in [6.45, 7) is 7.90. The topological polar surface area (TPSA) is 80.5 Å². The van der Waals surface area contributed by atoms with E-state index in [1.165, 1.54) is 6.33 Å². The highest BCUT2D eigenvalue weighted by atomic mass is 16.5. The second kappa shape index (κ2) is 8.11. The lowest BCUT2D eigenvalue weighted by molar-refractivity contribution is -0.120. The van der Waals surface area contributed by atoms with Gasteiger partial charge >= 0.3 is 0 Å². The molecule has 29 heavy (non-hydrogen) atoms. The summed E-state index contributed by atoms with van der Waals surface area (Å²) in [6.07, 6.45) is 3.30. The molecule has 1 aliphatic heterocycles. The fourth-order valence-electron chi connectivity index (χ4n) is 3.87. The highest BCUT2D eigenvalue weighted by Gasteiger charge is 2.29. The van der Waals surface area contributed by atoms with Crippen molar-refractivity contribution in [1.29, 1.82) is 0 Å². The van der Waals surface area contributed by atoms with E-state index in [-0.39, 0.29) is 11.8 Å². The summed E-state index contributed by atoms with van der Waals surface area (Å²) in [4.78, 5) is 23.9. The smallest absolute Gasteiger partial charge is 0.231 e. The van der Waals surface area contributed by atoms with Gasteiger partial charge in [-0.05, 0) is 45.7 Å². The second-order valence-corrected chi connectivity index (χ2v) is 7.36. The van der Waals surface area contributed by atoms with Crippen molar-refractivity contribution in [3.8, 4) is 5.75 Å². The van der Waals surface area contributed by atoms with Crippen LogP contribution in [0.15, 0.2) is 35.0 Å². The van der Waals surface area contributed by atoms with E-state index in [2.05, 4.69) is 20.2 Å². The van der Waals surface area contributed by atoms with Gasteiger partial charge in [-0.2, -0.15) is 0 Å². The van der Waals surface area contributed by atoms with Crippen LogP contribution in [0.4, 0.5) is 11.5 Å². The van der Waals surface area contributed by atoms with Gasteiger partial charge in [0.25, 0.3) is 0 Å². The van der Waals surface area contributed by atoms with Gasteiger partial charge in [0.2, 0.25) is 11.6 Å². The van der Waals surface area contributed by atoms with Gasteiger partial charge in [-0.25, -0.2) is 9.97 Å². The van der Waals surface area contributed by atoms with Crippen molar-refractivity contribution < 1.29 is 13.9 Å². The number of hydrogen-bond acceptors (Lipinski definition) is 6. The Kier molecular flexibility index (Phi) is 5.38. The molecule has 0 saturated carbocycles. The summed E-state index contributed by atoms with van der Waals surface area (Å²) in [5.41, 5.74) is 2.36. The molecule has 0 unspecified atom stereocenters. The van der Waals surface area contributed by atoms with Gasteiger partial charge in [0.15, 0.2) is 0 Å². The summed E-state index contributed by atoms with van der Waals surface area (Å²) >= 11 is 0. The normalized spacial score (nSPS) is 16.8. The van der Waals surface area contributed by atoms with Gasteiger partial charge < -0.3 is 19.4 Å². The molecule has 0 aliphatic carbocycles. The lowest BCUT2D eigenvalue weighted by Crippen LogP contribution is -2.41. The second-order valence-electron chi connectivity index (χ2n) is 7.36. The van der Waals surface area contributed by atoms with Crippen LogP contribution >= 0.6 is 0 Å². The number of fused-ring (bicyclic) bond motifs is 1. The van der Waals surface area contributed by atoms with E-state index in [1.54, 1.807) is 0 Å². The summed E-state index contributed by atoms with van der Waals surface area (Å²) in [5, 5.41) is 3.99. The molecule has 4 rings (SSSR count). The first kappa shape index (κ1) is 19.2. The van der Waals surface area contributed by atoms with Crippen molar-refractivity contribution in [1.82, 2.24) is 9.97 Å². The average molecular weight is 394 g/mol. The molecule has 2 aromatic heterocycles. The Balaban J connectivity index is 1.54. The number of hydrogen-bond donors (Lipinski definition) is 1. The Morgan fingerprint density at radius 2 is 2.14 bits per heavy atom. The molecule has 1 amide bonds. The molecule has 152 valence electrons. The number of nitrogens with one attached hydrogen (secondary N) is 1. The molecule has 0 bridgehead atoms. The number of amides is 1. The minimum atomic E-state index is -0.128. The summed E-state index contributed by atoms with van der Waals surface area (Å²) in [5.74, 6) is 2.26. The fourth-order valence-corrected chi connectivity index (χ4v) is 3.87. The molecule has 7 nitrogen and oxygen atoms in total. The molecule has 3 heterocycles. The first-order chi connectivity index (χ1) is 14.1. The molecular weight excluding hydrogens is 368 g/mol. The molecular formula is C22H26N4O3. The van der Waals surface area contributed by atoms with Gasteiger partial charge in [-0.3, -0.25) is 4.79 Å². The number of nitrogens with zero attached hydrogens (tertiary/aromatic N) is 3. The molecule has 1 aliphatic rings. The Morgan fingerprint density at radius 3 is 2.97 bits per heavy atom. The Bertz CT molecular complexity index is 1030. The molecule has 1 N–H and O–H groups in total. The van der Waals surface area contributed by atoms with Crippen LogP contribution in [0.5, 0.6) is 5.75 Å². The quantitative estimate of drug-likeness (QED) is 0.702. The number of ether oxygens (including phenoxy) is 1. The number of anilines is 2. The van der Waals surface area contributed by atoms with E-state index in [0.29, 0.717) is 30.3 Å². The van der Waals surface area contributed by atoms with E-state index >= 15 is 0 Å². The molecule has 1 saturated heterocycles. The highest BCUT2D eigenvalue weighted by molar-refractivity contribution is 5.95. The van der Waals surface area contributed by atoms with Crippen LogP contribution in [0.2, 0.25) is 0 Å². The number of para-hydroxylation sites is 2. The lowest BCUT2D eigenvalue weighted by atomic mass is 9.96. The van der Waals surface area contributed by atoms with E-state index in [4.69, 9.17) is 9.15 Å².